The van der Waals surface area contributed by atoms with Gasteiger partial charge in [-0.25, -0.2) is 4.79 Å². The molecular formula is C36H28O7. The molecule has 0 aliphatic rings. The number of aromatic carboxylic acids is 1. The maximum atomic E-state index is 11.3. The number of benzene rings is 6. The first kappa shape index (κ1) is 28.7. The maximum absolute atomic E-state index is 11.3. The molecule has 7 heteroatoms. The third kappa shape index (κ3) is 6.92. The summed E-state index contributed by atoms with van der Waals surface area (Å²) in [5.74, 6) is 2.15. The quantitative estimate of drug-likeness (QED) is 0.182. The van der Waals surface area contributed by atoms with E-state index in [2.05, 4.69) is 0 Å². The van der Waals surface area contributed by atoms with Crippen LogP contribution >= 0.6 is 0 Å². The fourth-order valence-corrected chi connectivity index (χ4v) is 4.43. The molecule has 0 heterocycles. The number of rotatable bonds is 8. The molecule has 0 saturated carbocycles. The topological polar surface area (TPSA) is 91.3 Å². The van der Waals surface area contributed by atoms with E-state index in [1.54, 1.807) is 37.4 Å². The average molecular weight is 573 g/mol. The molecule has 0 aromatic heterocycles. The van der Waals surface area contributed by atoms with E-state index in [9.17, 15) is 14.7 Å². The van der Waals surface area contributed by atoms with E-state index in [1.807, 2.05) is 84.9 Å². The molecule has 0 atom stereocenters. The zero-order valence-corrected chi connectivity index (χ0v) is 23.5. The van der Waals surface area contributed by atoms with Gasteiger partial charge in [-0.1, -0.05) is 60.7 Å². The Morgan fingerprint density at radius 3 is 1.53 bits per heavy atom. The SMILES string of the molecule is COc1ccc(C(=O)O)c(Oc2ccc3ccccc3c2)c1.COc1ccc(C=O)c(Oc2ccc3ccccc3c2)c1. The van der Waals surface area contributed by atoms with Crippen LogP contribution in [0.4, 0.5) is 0 Å². The predicted molar refractivity (Wildman–Crippen MR) is 166 cm³/mol. The Labute approximate surface area is 248 Å². The zero-order chi connectivity index (χ0) is 30.2. The Hall–Kier alpha value is -5.82. The lowest BCUT2D eigenvalue weighted by molar-refractivity contribution is 0.0694. The highest BCUT2D eigenvalue weighted by molar-refractivity contribution is 5.91. The van der Waals surface area contributed by atoms with Crippen LogP contribution in [0, 0.1) is 0 Å². The molecule has 0 bridgehead atoms. The number of hydrogen-bond donors (Lipinski definition) is 1. The van der Waals surface area contributed by atoms with Gasteiger partial charge in [-0.2, -0.15) is 0 Å². The van der Waals surface area contributed by atoms with E-state index < -0.39 is 5.97 Å². The van der Waals surface area contributed by atoms with Gasteiger partial charge >= 0.3 is 5.97 Å². The highest BCUT2D eigenvalue weighted by atomic mass is 16.5. The van der Waals surface area contributed by atoms with Gasteiger partial charge < -0.3 is 24.1 Å². The highest BCUT2D eigenvalue weighted by Gasteiger charge is 2.14. The summed E-state index contributed by atoms with van der Waals surface area (Å²) in [4.78, 5) is 22.4. The van der Waals surface area contributed by atoms with Crippen LogP contribution in [-0.2, 0) is 0 Å². The Morgan fingerprint density at radius 1 is 0.558 bits per heavy atom. The monoisotopic (exact) mass is 572 g/mol. The Balaban J connectivity index is 0.000000171. The van der Waals surface area contributed by atoms with Crippen LogP contribution in [0.3, 0.4) is 0 Å². The summed E-state index contributed by atoms with van der Waals surface area (Å²) in [5.41, 5.74) is 0.581. The van der Waals surface area contributed by atoms with Gasteiger partial charge in [0.15, 0.2) is 6.29 Å². The van der Waals surface area contributed by atoms with E-state index >= 15 is 0 Å². The molecule has 6 aromatic carbocycles. The Bertz CT molecular complexity index is 1910. The summed E-state index contributed by atoms with van der Waals surface area (Å²) < 4.78 is 21.9. The van der Waals surface area contributed by atoms with Crippen molar-refractivity contribution in [3.8, 4) is 34.5 Å². The van der Waals surface area contributed by atoms with Crippen LogP contribution in [0.1, 0.15) is 20.7 Å². The summed E-state index contributed by atoms with van der Waals surface area (Å²) in [6.45, 7) is 0. The van der Waals surface area contributed by atoms with Crippen LogP contribution < -0.4 is 18.9 Å². The number of methoxy groups -OCH3 is 2. The number of carbonyl (C=O) groups excluding carboxylic acids is 1. The first-order chi connectivity index (χ1) is 21.0. The molecule has 0 unspecified atom stereocenters. The van der Waals surface area contributed by atoms with Gasteiger partial charge in [-0.05, 0) is 70.1 Å². The number of hydrogen-bond acceptors (Lipinski definition) is 6. The molecule has 0 saturated heterocycles. The number of carboxylic acid groups (broad SMARTS) is 1. The minimum Gasteiger partial charge on any atom is -0.497 e. The van der Waals surface area contributed by atoms with Crippen LogP contribution in [0.15, 0.2) is 121 Å². The summed E-state index contributed by atoms with van der Waals surface area (Å²) in [5, 5.41) is 13.6. The second kappa shape index (κ2) is 13.2. The third-order valence-electron chi connectivity index (χ3n) is 6.66. The van der Waals surface area contributed by atoms with Gasteiger partial charge in [0.25, 0.3) is 0 Å². The molecule has 6 rings (SSSR count). The van der Waals surface area contributed by atoms with Gasteiger partial charge in [0.05, 0.1) is 19.8 Å². The minimum atomic E-state index is -1.04. The van der Waals surface area contributed by atoms with Crippen molar-refractivity contribution in [2.24, 2.45) is 0 Å². The standard InChI is InChI=1S/C18H14O4.C18H14O3/c1-21-14-8-9-16(18(19)20)17(11-14)22-15-7-6-12-4-2-3-5-13(12)10-15;1-20-16-8-7-15(12-19)18(11-16)21-17-9-6-13-4-2-3-5-14(13)10-17/h2-11H,1H3,(H,19,20);2-12H,1H3. The molecule has 0 aliphatic carbocycles. The first-order valence-corrected chi connectivity index (χ1v) is 13.4. The van der Waals surface area contributed by atoms with Crippen molar-refractivity contribution in [1.29, 1.82) is 0 Å². The first-order valence-electron chi connectivity index (χ1n) is 13.4. The lowest BCUT2D eigenvalue weighted by Gasteiger charge is -2.11. The normalized spacial score (nSPS) is 10.4. The van der Waals surface area contributed by atoms with Crippen molar-refractivity contribution in [2.45, 2.75) is 0 Å². The van der Waals surface area contributed by atoms with Crippen molar-refractivity contribution >= 4 is 33.8 Å². The second-order valence-corrected chi connectivity index (χ2v) is 9.41. The molecular weight excluding hydrogens is 544 g/mol. The number of carbonyl (C=O) groups is 2. The summed E-state index contributed by atoms with van der Waals surface area (Å²) >= 11 is 0. The smallest absolute Gasteiger partial charge is 0.339 e. The lowest BCUT2D eigenvalue weighted by Crippen LogP contribution is -2.00. The van der Waals surface area contributed by atoms with Gasteiger partial charge in [0, 0.05) is 12.1 Å². The number of carboxylic acids is 1. The lowest BCUT2D eigenvalue weighted by atomic mass is 10.1. The van der Waals surface area contributed by atoms with E-state index in [0.29, 0.717) is 34.3 Å². The summed E-state index contributed by atoms with van der Waals surface area (Å²) in [6.07, 6.45) is 0.774. The summed E-state index contributed by atoms with van der Waals surface area (Å²) in [7, 11) is 3.10. The van der Waals surface area contributed by atoms with Crippen LogP contribution in [0.5, 0.6) is 34.5 Å². The minimum absolute atomic E-state index is 0.0916. The fraction of sp³-hybridized carbons (Fsp3) is 0.0556. The van der Waals surface area contributed by atoms with Crippen LogP contribution in [0.2, 0.25) is 0 Å². The van der Waals surface area contributed by atoms with Gasteiger partial charge in [0.1, 0.15) is 40.1 Å². The summed E-state index contributed by atoms with van der Waals surface area (Å²) in [6, 6.07) is 37.1. The maximum Gasteiger partial charge on any atom is 0.339 e. The zero-order valence-electron chi connectivity index (χ0n) is 23.5. The van der Waals surface area contributed by atoms with Crippen LogP contribution in [0.25, 0.3) is 21.5 Å². The molecule has 43 heavy (non-hydrogen) atoms. The van der Waals surface area contributed by atoms with Gasteiger partial charge in [-0.3, -0.25) is 4.79 Å². The molecule has 0 fully saturated rings. The average Bonchev–Trinajstić information content (AvgIpc) is 3.04. The largest absolute Gasteiger partial charge is 0.497 e. The van der Waals surface area contributed by atoms with Crippen molar-refractivity contribution in [2.75, 3.05) is 14.2 Å². The van der Waals surface area contributed by atoms with Crippen molar-refractivity contribution in [1.82, 2.24) is 0 Å². The van der Waals surface area contributed by atoms with Crippen molar-refractivity contribution in [3.05, 3.63) is 132 Å². The van der Waals surface area contributed by atoms with E-state index in [-0.39, 0.29) is 11.3 Å². The third-order valence-corrected chi connectivity index (χ3v) is 6.66. The van der Waals surface area contributed by atoms with Gasteiger partial charge in [0.2, 0.25) is 0 Å². The molecule has 0 spiro atoms. The fourth-order valence-electron chi connectivity index (χ4n) is 4.43. The predicted octanol–water partition coefficient (Wildman–Crippen LogP) is 8.79. The van der Waals surface area contributed by atoms with E-state index in [0.717, 1.165) is 27.8 Å². The molecule has 6 aromatic rings. The van der Waals surface area contributed by atoms with Crippen LogP contribution in [-0.4, -0.2) is 31.6 Å². The Morgan fingerprint density at radius 2 is 1.02 bits per heavy atom. The molecule has 214 valence electrons. The van der Waals surface area contributed by atoms with Crippen molar-refractivity contribution in [3.63, 3.8) is 0 Å². The van der Waals surface area contributed by atoms with Gasteiger partial charge in [-0.15, -0.1) is 0 Å². The number of fused-ring (bicyclic) bond motifs is 2. The van der Waals surface area contributed by atoms with Crippen molar-refractivity contribution < 1.29 is 33.6 Å². The van der Waals surface area contributed by atoms with E-state index in [4.69, 9.17) is 18.9 Å². The molecule has 7 nitrogen and oxygen atoms in total. The molecule has 0 amide bonds. The number of ether oxygens (including phenoxy) is 4. The Kier molecular flexibility index (Phi) is 8.83. The number of aldehydes is 1. The second-order valence-electron chi connectivity index (χ2n) is 9.41. The van der Waals surface area contributed by atoms with E-state index in [1.165, 1.54) is 13.2 Å². The molecule has 0 aliphatic heterocycles. The molecule has 1 N–H and O–H groups in total. The molecule has 0 radical (unpaired) electrons. The highest BCUT2D eigenvalue weighted by Crippen LogP contribution is 2.32.